The van der Waals surface area contributed by atoms with E-state index in [0.29, 0.717) is 41.7 Å². The number of ether oxygens (including phenoxy) is 2. The molecule has 194 valence electrons. The molecule has 1 atom stereocenters. The van der Waals surface area contributed by atoms with E-state index in [4.69, 9.17) is 21.1 Å². The van der Waals surface area contributed by atoms with Crippen LogP contribution in [0.1, 0.15) is 48.7 Å². The van der Waals surface area contributed by atoms with Gasteiger partial charge in [0.25, 0.3) is 11.8 Å². The predicted octanol–water partition coefficient (Wildman–Crippen LogP) is 5.61. The van der Waals surface area contributed by atoms with E-state index in [9.17, 15) is 9.59 Å². The highest BCUT2D eigenvalue weighted by atomic mass is 35.5. The van der Waals surface area contributed by atoms with E-state index in [1.807, 2.05) is 63.2 Å². The van der Waals surface area contributed by atoms with Crippen molar-refractivity contribution in [3.8, 4) is 11.5 Å². The van der Waals surface area contributed by atoms with Gasteiger partial charge >= 0.3 is 0 Å². The van der Waals surface area contributed by atoms with Crippen molar-refractivity contribution in [2.45, 2.75) is 39.8 Å². The highest BCUT2D eigenvalue weighted by molar-refractivity contribution is 6.30. The van der Waals surface area contributed by atoms with Crippen molar-refractivity contribution in [1.29, 1.82) is 0 Å². The van der Waals surface area contributed by atoms with Gasteiger partial charge < -0.3 is 14.8 Å². The van der Waals surface area contributed by atoms with Crippen LogP contribution in [0, 0.1) is 5.92 Å². The second kappa shape index (κ2) is 14.0. The van der Waals surface area contributed by atoms with Gasteiger partial charge in [-0.25, -0.2) is 5.43 Å². The Labute approximate surface area is 222 Å². The van der Waals surface area contributed by atoms with E-state index in [1.165, 1.54) is 6.21 Å². The zero-order valence-corrected chi connectivity index (χ0v) is 22.0. The number of hydrazone groups is 1. The van der Waals surface area contributed by atoms with Crippen LogP contribution >= 0.6 is 11.6 Å². The van der Waals surface area contributed by atoms with Gasteiger partial charge in [-0.1, -0.05) is 55.8 Å². The molecule has 0 bridgehead atoms. The molecule has 0 unspecified atom stereocenters. The maximum absolute atomic E-state index is 12.8. The Bertz CT molecular complexity index is 1200. The molecule has 7 nitrogen and oxygen atoms in total. The summed E-state index contributed by atoms with van der Waals surface area (Å²) in [6.07, 6.45) is 1.98. The summed E-state index contributed by atoms with van der Waals surface area (Å²) in [6, 6.07) is 21.1. The average molecular weight is 522 g/mol. The summed E-state index contributed by atoms with van der Waals surface area (Å²) in [5, 5.41) is 7.42. The van der Waals surface area contributed by atoms with Crippen molar-refractivity contribution >= 4 is 29.6 Å². The van der Waals surface area contributed by atoms with E-state index in [1.54, 1.807) is 30.3 Å². The number of hydrogen-bond donors (Lipinski definition) is 2. The van der Waals surface area contributed by atoms with Crippen LogP contribution in [0.15, 0.2) is 77.9 Å². The van der Waals surface area contributed by atoms with Crippen LogP contribution in [-0.2, 0) is 11.4 Å². The molecule has 2 amide bonds. The summed E-state index contributed by atoms with van der Waals surface area (Å²) >= 11 is 5.90. The maximum Gasteiger partial charge on any atom is 0.262 e. The lowest BCUT2D eigenvalue weighted by molar-refractivity contribution is -0.123. The number of nitrogens with one attached hydrogen (secondary N) is 2. The van der Waals surface area contributed by atoms with Gasteiger partial charge in [-0.15, -0.1) is 0 Å². The van der Waals surface area contributed by atoms with E-state index < -0.39 is 11.9 Å². The standard InChI is InChI=1S/C29H32ClN3O4/c1-4-36-27-17-22(10-15-26(27)37-19-21-8-6-5-7-9-21)18-31-33-29(35)25(16-20(2)3)32-28(34)23-11-13-24(30)14-12-23/h5-15,17-18,20,25H,4,16,19H2,1-3H3,(H,32,34)(H,33,35)/b31-18-/t25-/m1/s1. The first-order valence-electron chi connectivity index (χ1n) is 12.2. The smallest absolute Gasteiger partial charge is 0.262 e. The zero-order valence-electron chi connectivity index (χ0n) is 21.2. The molecule has 0 radical (unpaired) electrons. The van der Waals surface area contributed by atoms with Crippen LogP contribution in [0.3, 0.4) is 0 Å². The van der Waals surface area contributed by atoms with Crippen molar-refractivity contribution in [2.24, 2.45) is 11.0 Å². The Morgan fingerprint density at radius 1 is 0.973 bits per heavy atom. The van der Waals surface area contributed by atoms with E-state index in [-0.39, 0.29) is 11.8 Å². The van der Waals surface area contributed by atoms with Gasteiger partial charge in [0.05, 0.1) is 12.8 Å². The number of halogens is 1. The van der Waals surface area contributed by atoms with Crippen LogP contribution in [0.4, 0.5) is 0 Å². The van der Waals surface area contributed by atoms with Crippen molar-refractivity contribution < 1.29 is 19.1 Å². The number of rotatable bonds is 12. The molecule has 0 aliphatic carbocycles. The van der Waals surface area contributed by atoms with Crippen LogP contribution in [0.5, 0.6) is 11.5 Å². The van der Waals surface area contributed by atoms with Crippen molar-refractivity contribution in [3.05, 3.63) is 94.5 Å². The second-order valence-electron chi connectivity index (χ2n) is 8.81. The zero-order chi connectivity index (χ0) is 26.6. The summed E-state index contributed by atoms with van der Waals surface area (Å²) in [6.45, 7) is 6.76. The molecule has 0 aromatic heterocycles. The molecular formula is C29H32ClN3O4. The predicted molar refractivity (Wildman–Crippen MR) is 146 cm³/mol. The number of hydrogen-bond acceptors (Lipinski definition) is 5. The molecule has 0 aliphatic rings. The monoisotopic (exact) mass is 521 g/mol. The molecule has 3 rings (SSSR count). The minimum Gasteiger partial charge on any atom is -0.490 e. The molecular weight excluding hydrogens is 490 g/mol. The highest BCUT2D eigenvalue weighted by Gasteiger charge is 2.22. The molecule has 2 N–H and O–H groups in total. The molecule has 37 heavy (non-hydrogen) atoms. The summed E-state index contributed by atoms with van der Waals surface area (Å²) in [5.41, 5.74) is 4.74. The van der Waals surface area contributed by atoms with Gasteiger partial charge in [-0.3, -0.25) is 9.59 Å². The van der Waals surface area contributed by atoms with Gasteiger partial charge in [0.1, 0.15) is 12.6 Å². The van der Waals surface area contributed by atoms with Gasteiger partial charge in [0, 0.05) is 10.6 Å². The second-order valence-corrected chi connectivity index (χ2v) is 9.25. The third-order valence-electron chi connectivity index (χ3n) is 5.33. The molecule has 0 heterocycles. The van der Waals surface area contributed by atoms with Crippen molar-refractivity contribution in [2.75, 3.05) is 6.61 Å². The van der Waals surface area contributed by atoms with Crippen LogP contribution in [-0.4, -0.2) is 30.7 Å². The van der Waals surface area contributed by atoms with Gasteiger partial charge in [0.15, 0.2) is 11.5 Å². The van der Waals surface area contributed by atoms with Gasteiger partial charge in [-0.2, -0.15) is 5.10 Å². The molecule has 3 aromatic carbocycles. The fraction of sp³-hybridized carbons (Fsp3) is 0.276. The molecule has 0 saturated carbocycles. The van der Waals surface area contributed by atoms with Crippen molar-refractivity contribution in [1.82, 2.24) is 10.7 Å². The first kappa shape index (κ1) is 27.7. The Hall–Kier alpha value is -3.84. The number of nitrogens with zero attached hydrogens (tertiary/aromatic N) is 1. The summed E-state index contributed by atoms with van der Waals surface area (Å²) < 4.78 is 11.7. The quantitative estimate of drug-likeness (QED) is 0.239. The Balaban J connectivity index is 1.63. The third-order valence-corrected chi connectivity index (χ3v) is 5.58. The fourth-order valence-electron chi connectivity index (χ4n) is 3.52. The van der Waals surface area contributed by atoms with Crippen LogP contribution in [0.2, 0.25) is 5.02 Å². The Kier molecular flexibility index (Phi) is 10.5. The summed E-state index contributed by atoms with van der Waals surface area (Å²) in [7, 11) is 0. The number of amides is 2. The average Bonchev–Trinajstić information content (AvgIpc) is 2.88. The molecule has 0 spiro atoms. The van der Waals surface area contributed by atoms with Gasteiger partial charge in [0.2, 0.25) is 0 Å². The SMILES string of the molecule is CCOc1cc(/C=N\NC(=O)[C@@H](CC(C)C)NC(=O)c2ccc(Cl)cc2)ccc1OCc1ccccc1. The first-order valence-corrected chi connectivity index (χ1v) is 12.6. The van der Waals surface area contributed by atoms with E-state index in [0.717, 1.165) is 11.1 Å². The Morgan fingerprint density at radius 2 is 1.70 bits per heavy atom. The van der Waals surface area contributed by atoms with Crippen LogP contribution < -0.4 is 20.2 Å². The van der Waals surface area contributed by atoms with Gasteiger partial charge in [-0.05, 0) is 72.9 Å². The minimum absolute atomic E-state index is 0.183. The normalized spacial score (nSPS) is 11.8. The lowest BCUT2D eigenvalue weighted by Gasteiger charge is -2.19. The molecule has 0 saturated heterocycles. The number of carbonyl (C=O) groups excluding carboxylic acids is 2. The number of benzene rings is 3. The first-order chi connectivity index (χ1) is 17.9. The topological polar surface area (TPSA) is 89.0 Å². The Morgan fingerprint density at radius 3 is 2.38 bits per heavy atom. The highest BCUT2D eigenvalue weighted by Crippen LogP contribution is 2.29. The van der Waals surface area contributed by atoms with E-state index >= 15 is 0 Å². The molecule has 8 heteroatoms. The summed E-state index contributed by atoms with van der Waals surface area (Å²) in [5.74, 6) is 0.631. The third kappa shape index (κ3) is 8.95. The van der Waals surface area contributed by atoms with Crippen molar-refractivity contribution in [3.63, 3.8) is 0 Å². The lowest BCUT2D eigenvalue weighted by atomic mass is 10.0. The summed E-state index contributed by atoms with van der Waals surface area (Å²) in [4.78, 5) is 25.5. The largest absolute Gasteiger partial charge is 0.490 e. The molecule has 3 aromatic rings. The minimum atomic E-state index is -0.743. The van der Waals surface area contributed by atoms with Crippen LogP contribution in [0.25, 0.3) is 0 Å². The number of carbonyl (C=O) groups is 2. The fourth-order valence-corrected chi connectivity index (χ4v) is 3.65. The lowest BCUT2D eigenvalue weighted by Crippen LogP contribution is -2.46. The molecule has 0 fully saturated rings. The molecule has 0 aliphatic heterocycles. The maximum atomic E-state index is 12.8. The van der Waals surface area contributed by atoms with E-state index in [2.05, 4.69) is 15.8 Å².